The van der Waals surface area contributed by atoms with Crippen molar-refractivity contribution in [2.24, 2.45) is 0 Å². The van der Waals surface area contributed by atoms with E-state index in [1.54, 1.807) is 24.3 Å². The van der Waals surface area contributed by atoms with Crippen molar-refractivity contribution in [3.8, 4) is 6.07 Å². The Morgan fingerprint density at radius 2 is 1.71 bits per heavy atom. The molecule has 1 N–H and O–H groups in total. The van der Waals surface area contributed by atoms with Crippen LogP contribution in [0.5, 0.6) is 0 Å². The van der Waals surface area contributed by atoms with Crippen LogP contribution in [0, 0.1) is 11.3 Å². The van der Waals surface area contributed by atoms with Crippen LogP contribution in [0.2, 0.25) is 0 Å². The Kier molecular flexibility index (Phi) is 4.73. The first kappa shape index (κ1) is 15.2. The molecule has 0 spiro atoms. The summed E-state index contributed by atoms with van der Waals surface area (Å²) in [7, 11) is -3.43. The smallest absolute Gasteiger partial charge is 0.212 e. The van der Waals surface area contributed by atoms with Crippen LogP contribution in [0.4, 0.5) is 0 Å². The lowest BCUT2D eigenvalue weighted by Gasteiger charge is -2.14. The first-order valence-electron chi connectivity index (χ1n) is 6.54. The molecular formula is C16H16N2O2S. The Morgan fingerprint density at radius 3 is 2.29 bits per heavy atom. The SMILES string of the molecule is CC(NS(=O)(=O)Cc1ccc(C#N)cc1)c1ccccc1. The van der Waals surface area contributed by atoms with Crippen molar-refractivity contribution in [2.75, 3.05) is 0 Å². The summed E-state index contributed by atoms with van der Waals surface area (Å²) in [6.45, 7) is 1.81. The third-order valence-corrected chi connectivity index (χ3v) is 4.52. The van der Waals surface area contributed by atoms with E-state index in [0.717, 1.165) is 5.56 Å². The van der Waals surface area contributed by atoms with E-state index < -0.39 is 10.0 Å². The molecule has 0 aromatic heterocycles. The molecule has 0 radical (unpaired) electrons. The second-order valence-corrected chi connectivity index (χ2v) is 6.57. The Hall–Kier alpha value is -2.16. The molecule has 21 heavy (non-hydrogen) atoms. The number of hydrogen-bond acceptors (Lipinski definition) is 3. The number of nitrogens with zero attached hydrogens (tertiary/aromatic N) is 1. The molecule has 0 heterocycles. The van der Waals surface area contributed by atoms with E-state index in [1.165, 1.54) is 0 Å². The van der Waals surface area contributed by atoms with Gasteiger partial charge in [0.25, 0.3) is 0 Å². The molecular weight excluding hydrogens is 284 g/mol. The molecule has 0 saturated carbocycles. The largest absolute Gasteiger partial charge is 0.216 e. The summed E-state index contributed by atoms with van der Waals surface area (Å²) in [6.07, 6.45) is 0. The van der Waals surface area contributed by atoms with Gasteiger partial charge in [-0.3, -0.25) is 0 Å². The zero-order valence-electron chi connectivity index (χ0n) is 11.7. The molecule has 5 heteroatoms. The van der Waals surface area contributed by atoms with Crippen molar-refractivity contribution >= 4 is 10.0 Å². The zero-order valence-corrected chi connectivity index (χ0v) is 12.5. The van der Waals surface area contributed by atoms with Crippen molar-refractivity contribution in [3.05, 3.63) is 71.3 Å². The minimum atomic E-state index is -3.43. The van der Waals surface area contributed by atoms with Crippen LogP contribution >= 0.6 is 0 Å². The van der Waals surface area contributed by atoms with Gasteiger partial charge >= 0.3 is 0 Å². The van der Waals surface area contributed by atoms with E-state index in [-0.39, 0.29) is 11.8 Å². The topological polar surface area (TPSA) is 70.0 Å². The number of nitriles is 1. The summed E-state index contributed by atoms with van der Waals surface area (Å²) >= 11 is 0. The molecule has 2 rings (SSSR count). The Morgan fingerprint density at radius 1 is 1.10 bits per heavy atom. The predicted molar refractivity (Wildman–Crippen MR) is 81.8 cm³/mol. The first-order chi connectivity index (χ1) is 10.00. The van der Waals surface area contributed by atoms with Crippen LogP contribution in [0.1, 0.15) is 29.7 Å². The average molecular weight is 300 g/mol. The number of sulfonamides is 1. The maximum atomic E-state index is 12.2. The molecule has 0 aliphatic rings. The lowest BCUT2D eigenvalue weighted by atomic mass is 10.1. The summed E-state index contributed by atoms with van der Waals surface area (Å²) < 4.78 is 27.0. The molecule has 0 aliphatic carbocycles. The highest BCUT2D eigenvalue weighted by Gasteiger charge is 2.16. The second kappa shape index (κ2) is 6.53. The van der Waals surface area contributed by atoms with Crippen LogP contribution in [-0.2, 0) is 15.8 Å². The van der Waals surface area contributed by atoms with E-state index in [9.17, 15) is 8.42 Å². The van der Waals surface area contributed by atoms with E-state index in [0.29, 0.717) is 11.1 Å². The maximum absolute atomic E-state index is 12.2. The highest BCUT2D eigenvalue weighted by molar-refractivity contribution is 7.88. The molecule has 0 saturated heterocycles. The second-order valence-electron chi connectivity index (χ2n) is 4.82. The van der Waals surface area contributed by atoms with Gasteiger partial charge in [0.2, 0.25) is 10.0 Å². The summed E-state index contributed by atoms with van der Waals surface area (Å²) in [4.78, 5) is 0. The van der Waals surface area contributed by atoms with E-state index >= 15 is 0 Å². The number of nitrogens with one attached hydrogen (secondary N) is 1. The molecule has 0 fully saturated rings. The van der Waals surface area contributed by atoms with Crippen LogP contribution in [-0.4, -0.2) is 8.42 Å². The van der Waals surface area contributed by atoms with E-state index in [4.69, 9.17) is 5.26 Å². The summed E-state index contributed by atoms with van der Waals surface area (Å²) in [5, 5.41) is 8.73. The third-order valence-electron chi connectivity index (χ3n) is 3.10. The van der Waals surface area contributed by atoms with Gasteiger partial charge in [0.05, 0.1) is 17.4 Å². The number of hydrogen-bond donors (Lipinski definition) is 1. The van der Waals surface area contributed by atoms with Crippen molar-refractivity contribution in [1.82, 2.24) is 4.72 Å². The molecule has 2 aromatic carbocycles. The van der Waals surface area contributed by atoms with Crippen molar-refractivity contribution in [3.63, 3.8) is 0 Å². The fraction of sp³-hybridized carbons (Fsp3) is 0.188. The lowest BCUT2D eigenvalue weighted by molar-refractivity contribution is 0.566. The molecule has 0 bridgehead atoms. The molecule has 0 amide bonds. The molecule has 4 nitrogen and oxygen atoms in total. The van der Waals surface area contributed by atoms with E-state index in [1.807, 2.05) is 43.3 Å². The standard InChI is InChI=1S/C16H16N2O2S/c1-13(16-5-3-2-4-6-16)18-21(19,20)12-15-9-7-14(11-17)8-10-15/h2-10,13,18H,12H2,1H3. The van der Waals surface area contributed by atoms with Gasteiger partial charge in [-0.2, -0.15) is 5.26 Å². The Balaban J connectivity index is 2.06. The molecule has 108 valence electrons. The summed E-state index contributed by atoms with van der Waals surface area (Å²) in [5.41, 5.74) is 2.09. The van der Waals surface area contributed by atoms with E-state index in [2.05, 4.69) is 4.72 Å². The Labute approximate surface area is 125 Å². The van der Waals surface area contributed by atoms with Crippen LogP contribution in [0.25, 0.3) is 0 Å². The summed E-state index contributed by atoms with van der Waals surface area (Å²) in [5.74, 6) is -0.101. The highest BCUT2D eigenvalue weighted by Crippen LogP contribution is 2.14. The van der Waals surface area contributed by atoms with Gasteiger partial charge in [0, 0.05) is 6.04 Å². The van der Waals surface area contributed by atoms with Gasteiger partial charge in [-0.25, -0.2) is 13.1 Å². The van der Waals surface area contributed by atoms with Gasteiger partial charge in [0.15, 0.2) is 0 Å². The van der Waals surface area contributed by atoms with Crippen molar-refractivity contribution in [1.29, 1.82) is 5.26 Å². The molecule has 1 atom stereocenters. The quantitative estimate of drug-likeness (QED) is 0.923. The highest BCUT2D eigenvalue weighted by atomic mass is 32.2. The van der Waals surface area contributed by atoms with Crippen LogP contribution in [0.15, 0.2) is 54.6 Å². The fourth-order valence-corrected chi connectivity index (χ4v) is 3.41. The average Bonchev–Trinajstić information content (AvgIpc) is 2.48. The number of benzene rings is 2. The molecule has 2 aromatic rings. The monoisotopic (exact) mass is 300 g/mol. The normalized spacial score (nSPS) is 12.6. The fourth-order valence-electron chi connectivity index (χ4n) is 2.02. The van der Waals surface area contributed by atoms with Gasteiger partial charge in [-0.05, 0) is 30.2 Å². The van der Waals surface area contributed by atoms with Gasteiger partial charge in [-0.1, -0.05) is 42.5 Å². The maximum Gasteiger partial charge on any atom is 0.216 e. The first-order valence-corrected chi connectivity index (χ1v) is 8.19. The van der Waals surface area contributed by atoms with Crippen LogP contribution in [0.3, 0.4) is 0 Å². The number of rotatable bonds is 5. The Bertz CT molecular complexity index is 732. The predicted octanol–water partition coefficient (Wildman–Crippen LogP) is 2.74. The lowest BCUT2D eigenvalue weighted by Crippen LogP contribution is -2.28. The minimum Gasteiger partial charge on any atom is -0.212 e. The van der Waals surface area contributed by atoms with Gasteiger partial charge < -0.3 is 0 Å². The third kappa shape index (κ3) is 4.42. The van der Waals surface area contributed by atoms with Gasteiger partial charge in [-0.15, -0.1) is 0 Å². The van der Waals surface area contributed by atoms with Gasteiger partial charge in [0.1, 0.15) is 0 Å². The van der Waals surface area contributed by atoms with Crippen molar-refractivity contribution < 1.29 is 8.42 Å². The van der Waals surface area contributed by atoms with Crippen LogP contribution < -0.4 is 4.72 Å². The zero-order chi connectivity index (χ0) is 15.3. The molecule has 1 unspecified atom stereocenters. The van der Waals surface area contributed by atoms with Crippen molar-refractivity contribution in [2.45, 2.75) is 18.7 Å². The summed E-state index contributed by atoms with van der Waals surface area (Å²) in [6, 6.07) is 17.7. The molecule has 0 aliphatic heterocycles. The minimum absolute atomic E-state index is 0.101.